The summed E-state index contributed by atoms with van der Waals surface area (Å²) in [6.07, 6.45) is 6.01. The third kappa shape index (κ3) is 4.67. The lowest BCUT2D eigenvalue weighted by Crippen LogP contribution is -2.48. The fourth-order valence-corrected chi connectivity index (χ4v) is 6.00. The van der Waals surface area contributed by atoms with Crippen LogP contribution in [-0.2, 0) is 16.6 Å². The van der Waals surface area contributed by atoms with Crippen molar-refractivity contribution in [3.05, 3.63) is 29.8 Å². The highest BCUT2D eigenvalue weighted by Crippen LogP contribution is 2.26. The third-order valence-corrected chi connectivity index (χ3v) is 7.99. The topological polar surface area (TPSA) is 77.0 Å². The highest BCUT2D eigenvalue weighted by molar-refractivity contribution is 7.86. The van der Waals surface area contributed by atoms with Crippen LogP contribution in [0.1, 0.15) is 37.7 Å². The molecule has 0 bridgehead atoms. The fraction of sp³-hybridized carbons (Fsp3) is 0.650. The standard InChI is InChI=1S/C20H31N5O2S/c26-28(27,24-12-2-1-3-13-24)25-14-8-18(9-15-25)16-17-4-6-19(7-5-17)23-20-21-10-11-22-20/h4-7,18H,1-3,8-16H2,(H2,21,22,23). The second-order valence-corrected chi connectivity index (χ2v) is 9.92. The van der Waals surface area contributed by atoms with E-state index in [0.717, 1.165) is 63.3 Å². The molecule has 2 N–H and O–H groups in total. The molecule has 2 fully saturated rings. The van der Waals surface area contributed by atoms with Crippen molar-refractivity contribution in [1.29, 1.82) is 0 Å². The molecule has 0 amide bonds. The summed E-state index contributed by atoms with van der Waals surface area (Å²) in [6.45, 7) is 4.39. The molecule has 2 saturated heterocycles. The average Bonchev–Trinajstić information content (AvgIpc) is 3.24. The van der Waals surface area contributed by atoms with Gasteiger partial charge in [-0.25, -0.2) is 0 Å². The van der Waals surface area contributed by atoms with Gasteiger partial charge in [-0.05, 0) is 55.7 Å². The molecule has 7 nitrogen and oxygen atoms in total. The number of nitrogens with one attached hydrogen (secondary N) is 2. The molecule has 154 valence electrons. The van der Waals surface area contributed by atoms with Crippen LogP contribution in [0, 0.1) is 5.92 Å². The Labute approximate surface area is 168 Å². The van der Waals surface area contributed by atoms with E-state index in [4.69, 9.17) is 0 Å². The quantitative estimate of drug-likeness (QED) is 0.786. The number of guanidine groups is 1. The maximum Gasteiger partial charge on any atom is 0.281 e. The van der Waals surface area contributed by atoms with Gasteiger partial charge in [-0.15, -0.1) is 0 Å². The molecule has 4 rings (SSSR count). The number of anilines is 1. The van der Waals surface area contributed by atoms with E-state index in [1.165, 1.54) is 5.56 Å². The van der Waals surface area contributed by atoms with Crippen molar-refractivity contribution in [2.75, 3.05) is 44.6 Å². The summed E-state index contributed by atoms with van der Waals surface area (Å²) in [5.74, 6) is 1.39. The van der Waals surface area contributed by atoms with Gasteiger partial charge >= 0.3 is 0 Å². The Bertz CT molecular complexity index is 779. The number of rotatable bonds is 5. The van der Waals surface area contributed by atoms with Crippen LogP contribution < -0.4 is 10.6 Å². The van der Waals surface area contributed by atoms with Gasteiger partial charge in [0.05, 0.1) is 6.54 Å². The molecule has 0 radical (unpaired) electrons. The van der Waals surface area contributed by atoms with Crippen LogP contribution in [0.5, 0.6) is 0 Å². The van der Waals surface area contributed by atoms with Crippen LogP contribution in [0.15, 0.2) is 29.3 Å². The largest absolute Gasteiger partial charge is 0.354 e. The van der Waals surface area contributed by atoms with E-state index in [2.05, 4.69) is 39.9 Å². The number of piperidine rings is 2. The highest BCUT2D eigenvalue weighted by Gasteiger charge is 2.33. The Morgan fingerprint density at radius 2 is 1.68 bits per heavy atom. The highest BCUT2D eigenvalue weighted by atomic mass is 32.2. The van der Waals surface area contributed by atoms with Crippen molar-refractivity contribution >= 4 is 21.9 Å². The van der Waals surface area contributed by atoms with Gasteiger partial charge in [0.2, 0.25) is 0 Å². The first-order valence-corrected chi connectivity index (χ1v) is 11.9. The van der Waals surface area contributed by atoms with E-state index in [-0.39, 0.29) is 0 Å². The molecule has 8 heteroatoms. The lowest BCUT2D eigenvalue weighted by Gasteiger charge is -2.36. The Balaban J connectivity index is 1.27. The summed E-state index contributed by atoms with van der Waals surface area (Å²) in [6, 6.07) is 8.50. The van der Waals surface area contributed by atoms with E-state index in [1.54, 1.807) is 8.61 Å². The summed E-state index contributed by atoms with van der Waals surface area (Å²) in [5.41, 5.74) is 2.35. The van der Waals surface area contributed by atoms with Crippen LogP contribution in [0.25, 0.3) is 0 Å². The first kappa shape index (κ1) is 19.7. The maximum absolute atomic E-state index is 12.8. The van der Waals surface area contributed by atoms with Gasteiger partial charge < -0.3 is 10.6 Å². The van der Waals surface area contributed by atoms with Crippen molar-refractivity contribution in [3.8, 4) is 0 Å². The van der Waals surface area contributed by atoms with Gasteiger partial charge in [-0.2, -0.15) is 17.0 Å². The fourth-order valence-electron chi connectivity index (χ4n) is 4.28. The summed E-state index contributed by atoms with van der Waals surface area (Å²) in [7, 11) is -3.26. The molecule has 0 aliphatic carbocycles. The van der Waals surface area contributed by atoms with Gasteiger partial charge in [-0.3, -0.25) is 4.99 Å². The molecule has 1 aromatic rings. The molecule has 0 aromatic heterocycles. The number of aliphatic imine (C=N–C) groups is 1. The predicted octanol–water partition coefficient (Wildman–Crippen LogP) is 2.04. The molecule has 28 heavy (non-hydrogen) atoms. The van der Waals surface area contributed by atoms with Gasteiger partial charge in [0.25, 0.3) is 10.2 Å². The zero-order chi connectivity index (χ0) is 19.4. The molecule has 0 spiro atoms. The van der Waals surface area contributed by atoms with Crippen LogP contribution in [0.2, 0.25) is 0 Å². The Morgan fingerprint density at radius 3 is 2.32 bits per heavy atom. The molecule has 1 aromatic carbocycles. The zero-order valence-corrected chi connectivity index (χ0v) is 17.3. The van der Waals surface area contributed by atoms with Gasteiger partial charge in [0.1, 0.15) is 0 Å². The molecule has 0 unspecified atom stereocenters. The minimum Gasteiger partial charge on any atom is -0.354 e. The molecule has 0 atom stereocenters. The SMILES string of the molecule is O=S(=O)(N1CCCCC1)N1CCC(Cc2ccc(NC3=NCCN3)cc2)CC1. The van der Waals surface area contributed by atoms with Gasteiger partial charge in [-0.1, -0.05) is 18.6 Å². The van der Waals surface area contributed by atoms with Crippen LogP contribution in [0.4, 0.5) is 5.69 Å². The first-order chi connectivity index (χ1) is 13.6. The average molecular weight is 406 g/mol. The Morgan fingerprint density at radius 1 is 1.00 bits per heavy atom. The second kappa shape index (κ2) is 8.80. The molecule has 3 aliphatic rings. The number of benzene rings is 1. The van der Waals surface area contributed by atoms with Crippen LogP contribution in [0.3, 0.4) is 0 Å². The van der Waals surface area contributed by atoms with E-state index in [9.17, 15) is 8.42 Å². The number of nitrogens with zero attached hydrogens (tertiary/aromatic N) is 3. The molecule has 3 heterocycles. The number of hydrogen-bond acceptors (Lipinski definition) is 5. The Kier molecular flexibility index (Phi) is 6.18. The summed E-state index contributed by atoms with van der Waals surface area (Å²) >= 11 is 0. The lowest BCUT2D eigenvalue weighted by molar-refractivity contribution is 0.244. The third-order valence-electron chi connectivity index (χ3n) is 5.96. The predicted molar refractivity (Wildman–Crippen MR) is 113 cm³/mol. The van der Waals surface area contributed by atoms with Crippen molar-refractivity contribution in [2.45, 2.75) is 38.5 Å². The normalized spacial score (nSPS) is 22.6. The van der Waals surface area contributed by atoms with E-state index < -0.39 is 10.2 Å². The van der Waals surface area contributed by atoms with Gasteiger partial charge in [0.15, 0.2) is 5.96 Å². The van der Waals surface area contributed by atoms with Crippen molar-refractivity contribution in [1.82, 2.24) is 13.9 Å². The summed E-state index contributed by atoms with van der Waals surface area (Å²) < 4.78 is 29.0. The molecule has 3 aliphatic heterocycles. The first-order valence-electron chi connectivity index (χ1n) is 10.5. The van der Waals surface area contributed by atoms with E-state index in [0.29, 0.717) is 32.1 Å². The zero-order valence-electron chi connectivity index (χ0n) is 16.4. The van der Waals surface area contributed by atoms with Crippen molar-refractivity contribution < 1.29 is 8.42 Å². The monoisotopic (exact) mass is 405 g/mol. The van der Waals surface area contributed by atoms with Crippen molar-refractivity contribution in [2.24, 2.45) is 10.9 Å². The number of hydrogen-bond donors (Lipinski definition) is 2. The molecule has 0 saturated carbocycles. The minimum absolute atomic E-state index is 0.549. The lowest BCUT2D eigenvalue weighted by atomic mass is 9.91. The molecular formula is C20H31N5O2S. The van der Waals surface area contributed by atoms with Crippen LogP contribution in [-0.4, -0.2) is 62.3 Å². The maximum atomic E-state index is 12.8. The van der Waals surface area contributed by atoms with Crippen LogP contribution >= 0.6 is 0 Å². The minimum atomic E-state index is -3.26. The molecular weight excluding hydrogens is 374 g/mol. The summed E-state index contributed by atoms with van der Waals surface area (Å²) in [5, 5.41) is 6.49. The smallest absolute Gasteiger partial charge is 0.281 e. The summed E-state index contributed by atoms with van der Waals surface area (Å²) in [4.78, 5) is 4.34. The van der Waals surface area contributed by atoms with E-state index >= 15 is 0 Å². The Hall–Kier alpha value is -1.64. The van der Waals surface area contributed by atoms with Crippen molar-refractivity contribution in [3.63, 3.8) is 0 Å². The van der Waals surface area contributed by atoms with E-state index in [1.807, 2.05) is 0 Å². The van der Waals surface area contributed by atoms with Gasteiger partial charge in [0, 0.05) is 38.4 Å². The second-order valence-electron chi connectivity index (χ2n) is 7.99.